The van der Waals surface area contributed by atoms with Gasteiger partial charge in [0.05, 0.1) is 28.5 Å². The summed E-state index contributed by atoms with van der Waals surface area (Å²) in [4.78, 5) is 44.4. The van der Waals surface area contributed by atoms with Crippen molar-refractivity contribution in [2.75, 3.05) is 4.90 Å². The molecule has 3 amide bonds. The molecule has 4 bridgehead atoms. The molecule has 38 heavy (non-hydrogen) atoms. The summed E-state index contributed by atoms with van der Waals surface area (Å²) in [5.41, 5.74) is 0.720. The van der Waals surface area contributed by atoms with Gasteiger partial charge >= 0.3 is 0 Å². The van der Waals surface area contributed by atoms with Gasteiger partial charge in [-0.2, -0.15) is 0 Å². The van der Waals surface area contributed by atoms with Crippen LogP contribution in [0, 0.1) is 23.2 Å². The van der Waals surface area contributed by atoms with Crippen LogP contribution in [0.1, 0.15) is 63.5 Å². The van der Waals surface area contributed by atoms with Crippen molar-refractivity contribution in [3.8, 4) is 0 Å². The number of hydrogen-bond donors (Lipinski definition) is 1. The van der Waals surface area contributed by atoms with Gasteiger partial charge in [0.1, 0.15) is 6.04 Å². The molecule has 2 aromatic carbocycles. The Labute approximate surface area is 223 Å². The van der Waals surface area contributed by atoms with Crippen molar-refractivity contribution in [1.82, 2.24) is 4.90 Å². The summed E-state index contributed by atoms with van der Waals surface area (Å²) in [7, 11) is -3.91. The van der Waals surface area contributed by atoms with Crippen molar-refractivity contribution in [2.24, 2.45) is 28.3 Å². The Bertz CT molecular complexity index is 1350. The summed E-state index contributed by atoms with van der Waals surface area (Å²) in [5.74, 6) is 0.827. The number of benzene rings is 2. The van der Waals surface area contributed by atoms with E-state index in [9.17, 15) is 22.8 Å². The van der Waals surface area contributed by atoms with Gasteiger partial charge in [-0.1, -0.05) is 30.3 Å². The van der Waals surface area contributed by atoms with E-state index in [0.29, 0.717) is 17.8 Å². The second-order valence-corrected chi connectivity index (χ2v) is 13.4. The molecule has 2 aromatic rings. The maximum Gasteiger partial charge on any atom is 0.257 e. The number of hydrogen-bond acceptors (Lipinski definition) is 5. The van der Waals surface area contributed by atoms with E-state index in [4.69, 9.17) is 5.14 Å². The Morgan fingerprint density at radius 3 is 2.03 bits per heavy atom. The number of carbonyl (C=O) groups excluding carboxylic acids is 3. The third kappa shape index (κ3) is 4.16. The molecule has 0 radical (unpaired) electrons. The van der Waals surface area contributed by atoms with E-state index in [-0.39, 0.29) is 29.0 Å². The maximum atomic E-state index is 14.6. The van der Waals surface area contributed by atoms with E-state index < -0.39 is 33.3 Å². The zero-order chi connectivity index (χ0) is 26.8. The minimum atomic E-state index is -3.91. The summed E-state index contributed by atoms with van der Waals surface area (Å²) < 4.78 is 23.3. The molecule has 1 aliphatic heterocycles. The third-order valence-electron chi connectivity index (χ3n) is 9.31. The molecule has 9 heteroatoms. The van der Waals surface area contributed by atoms with Gasteiger partial charge in [0, 0.05) is 0 Å². The van der Waals surface area contributed by atoms with Gasteiger partial charge in [0.2, 0.25) is 21.8 Å². The molecule has 5 aliphatic rings. The van der Waals surface area contributed by atoms with Crippen LogP contribution in [0.25, 0.3) is 0 Å². The highest BCUT2D eigenvalue weighted by molar-refractivity contribution is 7.89. The molecule has 2 atom stereocenters. The zero-order valence-electron chi connectivity index (χ0n) is 21.5. The first-order valence-electron chi connectivity index (χ1n) is 13.4. The number of amides is 3. The number of anilines is 1. The average molecular weight is 536 g/mol. The normalized spacial score (nSPS) is 31.1. The number of rotatable bonds is 6. The number of primary sulfonamides is 1. The summed E-state index contributed by atoms with van der Waals surface area (Å²) in [6.45, 7) is 1.94. The van der Waals surface area contributed by atoms with Crippen molar-refractivity contribution in [2.45, 2.75) is 68.8 Å². The van der Waals surface area contributed by atoms with E-state index in [2.05, 4.69) is 0 Å². The topological polar surface area (TPSA) is 118 Å². The molecule has 2 N–H and O–H groups in total. The minimum Gasteiger partial charge on any atom is -0.323 e. The average Bonchev–Trinajstić information content (AvgIpc) is 3.16. The largest absolute Gasteiger partial charge is 0.323 e. The summed E-state index contributed by atoms with van der Waals surface area (Å²) in [6.07, 6.45) is 6.08. The molecule has 7 rings (SSSR count). The highest BCUT2D eigenvalue weighted by Gasteiger charge is 2.58. The van der Waals surface area contributed by atoms with E-state index in [0.717, 1.165) is 29.7 Å². The van der Waals surface area contributed by atoms with Gasteiger partial charge < -0.3 is 4.90 Å². The van der Waals surface area contributed by atoms with Crippen molar-refractivity contribution in [3.05, 3.63) is 60.2 Å². The van der Waals surface area contributed by atoms with Crippen LogP contribution in [0.15, 0.2) is 59.5 Å². The molecular formula is C29H33N3O5S. The van der Waals surface area contributed by atoms with Crippen molar-refractivity contribution in [1.29, 1.82) is 0 Å². The molecule has 0 aromatic heterocycles. The molecule has 8 nitrogen and oxygen atoms in total. The van der Waals surface area contributed by atoms with Crippen LogP contribution in [0.2, 0.25) is 0 Å². The zero-order valence-corrected chi connectivity index (χ0v) is 22.3. The molecular weight excluding hydrogens is 502 g/mol. The first kappa shape index (κ1) is 25.2. The highest BCUT2D eigenvalue weighted by Crippen LogP contribution is 2.61. The molecule has 4 aliphatic carbocycles. The number of imide groups is 1. The number of sulfonamides is 1. The van der Waals surface area contributed by atoms with Gasteiger partial charge in [-0.05, 0) is 93.0 Å². The fourth-order valence-electron chi connectivity index (χ4n) is 8.02. The first-order valence-corrected chi connectivity index (χ1v) is 15.0. The smallest absolute Gasteiger partial charge is 0.257 e. The lowest BCUT2D eigenvalue weighted by molar-refractivity contribution is -0.164. The van der Waals surface area contributed by atoms with Crippen LogP contribution < -0.4 is 10.0 Å². The summed E-state index contributed by atoms with van der Waals surface area (Å²) in [6, 6.07) is 13.7. The van der Waals surface area contributed by atoms with Crippen LogP contribution in [0.3, 0.4) is 0 Å². The fourth-order valence-corrected chi connectivity index (χ4v) is 8.53. The van der Waals surface area contributed by atoms with Gasteiger partial charge in [0.25, 0.3) is 5.91 Å². The van der Waals surface area contributed by atoms with Crippen molar-refractivity contribution >= 4 is 33.4 Å². The van der Waals surface area contributed by atoms with Crippen LogP contribution in [0.5, 0.6) is 0 Å². The van der Waals surface area contributed by atoms with E-state index in [1.807, 2.05) is 37.3 Å². The van der Waals surface area contributed by atoms with Crippen LogP contribution >= 0.6 is 0 Å². The maximum absolute atomic E-state index is 14.6. The predicted octanol–water partition coefficient (Wildman–Crippen LogP) is 3.77. The Kier molecular flexibility index (Phi) is 5.99. The van der Waals surface area contributed by atoms with Crippen molar-refractivity contribution < 1.29 is 22.8 Å². The third-order valence-corrected chi connectivity index (χ3v) is 10.2. The molecule has 2 unspecified atom stereocenters. The quantitative estimate of drug-likeness (QED) is 0.565. The standard InChI is InChI=1S/C29H33N3O5S/c1-18(22-5-3-2-4-6-22)31(28(35)29-15-19-11-20(16-29)13-21(12-19)17-29)25-14-26(33)32(27(25)34)23-7-9-24(10-8-23)38(30,36)37/h2-10,18-21,25H,11-17H2,1H3,(H2,30,36,37). The second-order valence-electron chi connectivity index (χ2n) is 11.8. The fraction of sp³-hybridized carbons (Fsp3) is 0.483. The molecule has 200 valence electrons. The molecule has 0 spiro atoms. The SMILES string of the molecule is CC(c1ccccc1)N(C(=O)C12CC3CC(CC(C3)C1)C2)C1CC(=O)N(c2ccc(S(N)(=O)=O)cc2)C1=O. The highest BCUT2D eigenvalue weighted by atomic mass is 32.2. The lowest BCUT2D eigenvalue weighted by atomic mass is 9.49. The lowest BCUT2D eigenvalue weighted by Gasteiger charge is -2.57. The van der Waals surface area contributed by atoms with Gasteiger partial charge in [-0.25, -0.2) is 18.5 Å². The number of carbonyl (C=O) groups is 3. The lowest BCUT2D eigenvalue weighted by Crippen LogP contribution is -2.58. The van der Waals surface area contributed by atoms with Crippen LogP contribution in [0.4, 0.5) is 5.69 Å². The Balaban J connectivity index is 1.36. The van der Waals surface area contributed by atoms with Crippen LogP contribution in [-0.2, 0) is 24.4 Å². The van der Waals surface area contributed by atoms with Crippen molar-refractivity contribution in [3.63, 3.8) is 0 Å². The van der Waals surface area contributed by atoms with Gasteiger partial charge in [-0.15, -0.1) is 0 Å². The molecule has 1 saturated heterocycles. The monoisotopic (exact) mass is 535 g/mol. The number of nitrogens with two attached hydrogens (primary N) is 1. The Hall–Kier alpha value is -3.04. The van der Waals surface area contributed by atoms with Gasteiger partial charge in [-0.3, -0.25) is 14.4 Å². The number of nitrogens with zero attached hydrogens (tertiary/aromatic N) is 2. The summed E-state index contributed by atoms with van der Waals surface area (Å²) in [5, 5.41) is 5.20. The second kappa shape index (κ2) is 9.02. The Morgan fingerprint density at radius 1 is 0.947 bits per heavy atom. The predicted molar refractivity (Wildman–Crippen MR) is 141 cm³/mol. The summed E-state index contributed by atoms with van der Waals surface area (Å²) >= 11 is 0. The van der Waals surface area contributed by atoms with E-state index >= 15 is 0 Å². The minimum absolute atomic E-state index is 0.00512. The van der Waals surface area contributed by atoms with Crippen LogP contribution in [-0.4, -0.2) is 37.1 Å². The Morgan fingerprint density at radius 2 is 1.50 bits per heavy atom. The van der Waals surface area contributed by atoms with Gasteiger partial charge in [0.15, 0.2) is 0 Å². The molecule has 5 fully saturated rings. The molecule has 4 saturated carbocycles. The first-order chi connectivity index (χ1) is 18.1. The molecule has 1 heterocycles. The van der Waals surface area contributed by atoms with E-state index in [1.54, 1.807) is 4.90 Å². The van der Waals surface area contributed by atoms with E-state index in [1.165, 1.54) is 43.5 Å².